The topological polar surface area (TPSA) is 98.4 Å². The van der Waals surface area contributed by atoms with E-state index in [1.807, 2.05) is 12.1 Å². The number of methoxy groups -OCH3 is 3. The minimum atomic E-state index is -0.164. The normalized spacial score (nSPS) is 10.6. The number of ether oxygens (including phenoxy) is 3. The van der Waals surface area contributed by atoms with Gasteiger partial charge in [-0.1, -0.05) is 0 Å². The molecule has 0 fully saturated rings. The van der Waals surface area contributed by atoms with Gasteiger partial charge in [-0.15, -0.1) is 0 Å². The number of rotatable bonds is 7. The lowest BCUT2D eigenvalue weighted by Crippen LogP contribution is -2.25. The molecule has 0 aliphatic carbocycles. The number of fused-ring (bicyclic) bond motifs is 1. The highest BCUT2D eigenvalue weighted by atomic mass is 16.5. The SMILES string of the molecule is COc1cc(CCNC(=O)c2ccc3n[nH]nc3c2)cc(OC)c1OC. The Bertz CT molecular complexity index is 897. The van der Waals surface area contributed by atoms with Crippen LogP contribution in [0.1, 0.15) is 15.9 Å². The van der Waals surface area contributed by atoms with Gasteiger partial charge < -0.3 is 19.5 Å². The maximum atomic E-state index is 12.3. The van der Waals surface area contributed by atoms with Crippen LogP contribution in [0.4, 0.5) is 0 Å². The van der Waals surface area contributed by atoms with Crippen LogP contribution in [0.2, 0.25) is 0 Å². The van der Waals surface area contributed by atoms with Crippen molar-refractivity contribution in [3.63, 3.8) is 0 Å². The zero-order chi connectivity index (χ0) is 18.5. The molecule has 0 saturated heterocycles. The summed E-state index contributed by atoms with van der Waals surface area (Å²) in [6.45, 7) is 0.467. The van der Waals surface area contributed by atoms with E-state index in [1.54, 1.807) is 39.5 Å². The summed E-state index contributed by atoms with van der Waals surface area (Å²) in [6.07, 6.45) is 0.620. The van der Waals surface area contributed by atoms with Crippen molar-refractivity contribution in [2.45, 2.75) is 6.42 Å². The van der Waals surface area contributed by atoms with Gasteiger partial charge in [0, 0.05) is 12.1 Å². The van der Waals surface area contributed by atoms with E-state index in [2.05, 4.69) is 20.7 Å². The Morgan fingerprint density at radius 3 is 2.35 bits per heavy atom. The second-order valence-electron chi connectivity index (χ2n) is 5.57. The summed E-state index contributed by atoms with van der Waals surface area (Å²) < 4.78 is 16.0. The number of carbonyl (C=O) groups is 1. The summed E-state index contributed by atoms with van der Waals surface area (Å²) >= 11 is 0. The number of benzene rings is 2. The lowest BCUT2D eigenvalue weighted by atomic mass is 10.1. The molecule has 0 saturated carbocycles. The monoisotopic (exact) mass is 356 g/mol. The Hall–Kier alpha value is -3.29. The lowest BCUT2D eigenvalue weighted by Gasteiger charge is -2.14. The van der Waals surface area contributed by atoms with Crippen LogP contribution in [-0.4, -0.2) is 49.2 Å². The van der Waals surface area contributed by atoms with Crippen LogP contribution in [0.25, 0.3) is 11.0 Å². The number of aromatic amines is 1. The third-order valence-corrected chi connectivity index (χ3v) is 4.00. The van der Waals surface area contributed by atoms with E-state index in [0.717, 1.165) is 11.1 Å². The largest absolute Gasteiger partial charge is 0.493 e. The van der Waals surface area contributed by atoms with E-state index < -0.39 is 0 Å². The van der Waals surface area contributed by atoms with E-state index in [9.17, 15) is 4.79 Å². The number of amides is 1. The van der Waals surface area contributed by atoms with Crippen LogP contribution in [-0.2, 0) is 6.42 Å². The van der Waals surface area contributed by atoms with Gasteiger partial charge in [-0.05, 0) is 42.3 Å². The number of nitrogens with zero attached hydrogens (tertiary/aromatic N) is 2. The number of nitrogens with one attached hydrogen (secondary N) is 2. The summed E-state index contributed by atoms with van der Waals surface area (Å²) in [5.74, 6) is 1.56. The van der Waals surface area contributed by atoms with Crippen molar-refractivity contribution >= 4 is 16.9 Å². The second-order valence-corrected chi connectivity index (χ2v) is 5.57. The molecule has 0 bridgehead atoms. The molecule has 26 heavy (non-hydrogen) atoms. The molecule has 1 heterocycles. The molecular weight excluding hydrogens is 336 g/mol. The molecule has 0 unspecified atom stereocenters. The Morgan fingerprint density at radius 1 is 1.00 bits per heavy atom. The first-order chi connectivity index (χ1) is 12.7. The van der Waals surface area contributed by atoms with Crippen LogP contribution in [0.15, 0.2) is 30.3 Å². The standard InChI is InChI=1S/C18H20N4O4/c1-24-15-8-11(9-16(25-2)17(15)26-3)6-7-19-18(23)12-4-5-13-14(10-12)21-22-20-13/h4-5,8-10H,6-7H2,1-3H3,(H,19,23)(H,20,21,22). The smallest absolute Gasteiger partial charge is 0.251 e. The Labute approximate surface area is 150 Å². The molecule has 8 heteroatoms. The zero-order valence-corrected chi connectivity index (χ0v) is 14.8. The fourth-order valence-corrected chi connectivity index (χ4v) is 2.68. The third kappa shape index (κ3) is 3.53. The van der Waals surface area contributed by atoms with Crippen molar-refractivity contribution in [1.29, 1.82) is 0 Å². The van der Waals surface area contributed by atoms with Gasteiger partial charge in [0.1, 0.15) is 11.0 Å². The van der Waals surface area contributed by atoms with E-state index in [1.165, 1.54) is 0 Å². The molecule has 0 radical (unpaired) electrons. The molecule has 1 amide bonds. The number of aromatic nitrogens is 3. The molecular formula is C18H20N4O4. The summed E-state index contributed by atoms with van der Waals surface area (Å²) in [5, 5.41) is 13.4. The second kappa shape index (κ2) is 7.73. The highest BCUT2D eigenvalue weighted by Gasteiger charge is 2.13. The summed E-state index contributed by atoms with van der Waals surface area (Å²) in [6, 6.07) is 8.92. The first-order valence-corrected chi connectivity index (χ1v) is 8.04. The number of hydrogen-bond acceptors (Lipinski definition) is 6. The Balaban J connectivity index is 1.66. The maximum absolute atomic E-state index is 12.3. The lowest BCUT2D eigenvalue weighted by molar-refractivity contribution is 0.0954. The fourth-order valence-electron chi connectivity index (χ4n) is 2.68. The van der Waals surface area contributed by atoms with Crippen molar-refractivity contribution in [3.8, 4) is 17.2 Å². The minimum absolute atomic E-state index is 0.164. The van der Waals surface area contributed by atoms with Gasteiger partial charge in [0.25, 0.3) is 5.91 Å². The molecule has 0 aliphatic heterocycles. The summed E-state index contributed by atoms with van der Waals surface area (Å²) in [7, 11) is 4.71. The van der Waals surface area contributed by atoms with Crippen LogP contribution < -0.4 is 19.5 Å². The van der Waals surface area contributed by atoms with Crippen LogP contribution in [0, 0.1) is 0 Å². The average molecular weight is 356 g/mol. The van der Waals surface area contributed by atoms with Crippen molar-refractivity contribution in [3.05, 3.63) is 41.5 Å². The summed E-state index contributed by atoms with van der Waals surface area (Å²) in [4.78, 5) is 12.3. The average Bonchev–Trinajstić information content (AvgIpc) is 3.14. The molecule has 2 N–H and O–H groups in total. The predicted octanol–water partition coefficient (Wildman–Crippen LogP) is 1.96. The maximum Gasteiger partial charge on any atom is 0.251 e. The minimum Gasteiger partial charge on any atom is -0.493 e. The Morgan fingerprint density at radius 2 is 1.69 bits per heavy atom. The molecule has 1 aromatic heterocycles. The third-order valence-electron chi connectivity index (χ3n) is 4.00. The Kier molecular flexibility index (Phi) is 5.21. The van der Waals surface area contributed by atoms with Crippen molar-refractivity contribution < 1.29 is 19.0 Å². The highest BCUT2D eigenvalue weighted by Crippen LogP contribution is 2.38. The number of carbonyl (C=O) groups excluding carboxylic acids is 1. The molecule has 0 aliphatic rings. The first-order valence-electron chi connectivity index (χ1n) is 8.04. The van der Waals surface area contributed by atoms with E-state index in [-0.39, 0.29) is 5.91 Å². The molecule has 8 nitrogen and oxygen atoms in total. The van der Waals surface area contributed by atoms with Gasteiger partial charge in [-0.3, -0.25) is 4.79 Å². The van der Waals surface area contributed by atoms with Crippen molar-refractivity contribution in [1.82, 2.24) is 20.7 Å². The predicted molar refractivity (Wildman–Crippen MR) is 96.0 cm³/mol. The first kappa shape index (κ1) is 17.5. The molecule has 3 aromatic rings. The molecule has 136 valence electrons. The van der Waals surface area contributed by atoms with Gasteiger partial charge in [0.15, 0.2) is 11.5 Å². The molecule has 0 atom stereocenters. The zero-order valence-electron chi connectivity index (χ0n) is 14.8. The summed E-state index contributed by atoms with van der Waals surface area (Å²) in [5.41, 5.74) is 2.88. The number of H-pyrrole nitrogens is 1. The number of hydrogen-bond donors (Lipinski definition) is 2. The fraction of sp³-hybridized carbons (Fsp3) is 0.278. The van der Waals surface area contributed by atoms with Gasteiger partial charge in [-0.2, -0.15) is 15.4 Å². The molecule has 0 spiro atoms. The van der Waals surface area contributed by atoms with E-state index >= 15 is 0 Å². The van der Waals surface area contributed by atoms with Gasteiger partial charge in [0.2, 0.25) is 5.75 Å². The van der Waals surface area contributed by atoms with Crippen LogP contribution in [0.5, 0.6) is 17.2 Å². The van der Waals surface area contributed by atoms with Gasteiger partial charge in [-0.25, -0.2) is 0 Å². The van der Waals surface area contributed by atoms with Crippen molar-refractivity contribution in [2.75, 3.05) is 27.9 Å². The van der Waals surface area contributed by atoms with Gasteiger partial charge >= 0.3 is 0 Å². The van der Waals surface area contributed by atoms with Crippen molar-refractivity contribution in [2.24, 2.45) is 0 Å². The molecule has 3 rings (SSSR count). The van der Waals surface area contributed by atoms with Crippen LogP contribution in [0.3, 0.4) is 0 Å². The highest BCUT2D eigenvalue weighted by molar-refractivity contribution is 5.97. The van der Waals surface area contributed by atoms with Gasteiger partial charge in [0.05, 0.1) is 21.3 Å². The molecule has 2 aromatic carbocycles. The van der Waals surface area contributed by atoms with E-state index in [0.29, 0.717) is 41.3 Å². The quantitative estimate of drug-likeness (QED) is 0.671. The van der Waals surface area contributed by atoms with E-state index in [4.69, 9.17) is 14.2 Å². The van der Waals surface area contributed by atoms with Crippen LogP contribution >= 0.6 is 0 Å².